The molecule has 0 spiro atoms. The molecule has 23 nitrogen and oxygen atoms in total. The summed E-state index contributed by atoms with van der Waals surface area (Å²) in [6.07, 6.45) is 4.62. The first-order valence-corrected chi connectivity index (χ1v) is 30.6. The number of nitrogens with one attached hydrogen (secondary N) is 4. The van der Waals surface area contributed by atoms with Crippen LogP contribution in [0.2, 0.25) is 0 Å². The molecule has 1 fully saturated rings. The molecule has 23 heteroatoms. The van der Waals surface area contributed by atoms with Crippen LogP contribution in [0.25, 0.3) is 0 Å². The van der Waals surface area contributed by atoms with E-state index in [1.807, 2.05) is 67.5 Å². The van der Waals surface area contributed by atoms with Crippen molar-refractivity contribution in [2.45, 2.75) is 229 Å². The summed E-state index contributed by atoms with van der Waals surface area (Å²) < 4.78 is 0. The van der Waals surface area contributed by atoms with E-state index in [2.05, 4.69) is 27.8 Å². The number of carbonyl (C=O) groups is 11. The summed E-state index contributed by atoms with van der Waals surface area (Å²) in [5, 5.41) is 22.1. The minimum atomic E-state index is -1.57. The molecule has 1 saturated heterocycles. The molecule has 0 saturated carbocycles. The van der Waals surface area contributed by atoms with E-state index in [-0.39, 0.29) is 62.2 Å². The predicted molar refractivity (Wildman–Crippen MR) is 333 cm³/mol. The van der Waals surface area contributed by atoms with Crippen LogP contribution in [0.1, 0.15) is 163 Å². The Morgan fingerprint density at radius 1 is 0.500 bits per heavy atom. The van der Waals surface area contributed by atoms with Gasteiger partial charge < -0.3 is 60.7 Å². The standard InChI is InChI=1S/C63H111N11O12/c1-26-28-29-40(13)33-46-54(77)66-44(27-2)58(81)68(19)43(16)57(80)73(24)49(34-63(17,18)86)55(78)67-50(38(9)10)61(84)69(20)45(30-35(3)4)53(76)64-41(14)52(75)65-42(15)56(79)71(22)47(31-36(5)6)59(82)72(23)48(32-37(7)8)60(83)74(25)51(39(11)12)62(85)70(46)21/h26,28,35-42,44-51,86H,16,27,29-34H2,1-15,17-25H3,(H,64,76)(H,65,75)(H,66,77)(H,67,78)/b28-26+/t40-,41-,42+,44+,45-,46+,47+,48+,49+,50-,51+/m1/s1. The Bertz CT molecular complexity index is 2420. The topological polar surface area (TPSA) is 279 Å². The summed E-state index contributed by atoms with van der Waals surface area (Å²) in [4.78, 5) is 169. The van der Waals surface area contributed by atoms with Gasteiger partial charge in [0.1, 0.15) is 66.1 Å². The molecule has 5 N–H and O–H groups in total. The summed E-state index contributed by atoms with van der Waals surface area (Å²) in [6.45, 7) is 33.2. The Morgan fingerprint density at radius 2 is 0.919 bits per heavy atom. The Balaban J connectivity index is 4.36. The molecule has 0 radical (unpaired) electrons. The van der Waals surface area contributed by atoms with Crippen LogP contribution in [0.4, 0.5) is 0 Å². The van der Waals surface area contributed by atoms with Crippen molar-refractivity contribution in [2.75, 3.05) is 49.3 Å². The number of nitrogens with zero attached hydrogens (tertiary/aromatic N) is 7. The van der Waals surface area contributed by atoms with Crippen LogP contribution in [-0.4, -0.2) is 220 Å². The summed E-state index contributed by atoms with van der Waals surface area (Å²) in [5.74, 6) is -9.41. The second kappa shape index (κ2) is 34.2. The highest BCUT2D eigenvalue weighted by Gasteiger charge is 2.45. The van der Waals surface area contributed by atoms with Gasteiger partial charge in [-0.25, -0.2) is 0 Å². The lowest BCUT2D eigenvalue weighted by Crippen LogP contribution is -2.61. The molecule has 490 valence electrons. The fourth-order valence-electron chi connectivity index (χ4n) is 10.6. The minimum absolute atomic E-state index is 0.0254. The van der Waals surface area contributed by atoms with Crippen LogP contribution in [0.3, 0.4) is 0 Å². The first-order chi connectivity index (χ1) is 39.5. The van der Waals surface area contributed by atoms with Crippen LogP contribution in [0, 0.1) is 35.5 Å². The van der Waals surface area contributed by atoms with Crippen molar-refractivity contribution < 1.29 is 57.8 Å². The number of aliphatic hydroxyl groups is 1. The third-order valence-corrected chi connectivity index (χ3v) is 16.1. The van der Waals surface area contributed by atoms with Gasteiger partial charge in [-0.05, 0) is 109 Å². The lowest BCUT2D eigenvalue weighted by Gasteiger charge is -2.41. The van der Waals surface area contributed by atoms with Crippen LogP contribution in [0.15, 0.2) is 24.4 Å². The monoisotopic (exact) mass is 1210 g/mol. The summed E-state index contributed by atoms with van der Waals surface area (Å²) >= 11 is 0. The van der Waals surface area contributed by atoms with Crippen molar-refractivity contribution in [3.8, 4) is 0 Å². The first kappa shape index (κ1) is 77.6. The van der Waals surface area contributed by atoms with Crippen molar-refractivity contribution in [2.24, 2.45) is 35.5 Å². The fraction of sp³-hybridized carbons (Fsp3) is 0.762. The molecular weight excluding hydrogens is 1100 g/mol. The number of amides is 11. The van der Waals surface area contributed by atoms with Gasteiger partial charge in [0.2, 0.25) is 59.1 Å². The quantitative estimate of drug-likeness (QED) is 0.115. The highest BCUT2D eigenvalue weighted by molar-refractivity contribution is 6.02. The summed E-state index contributed by atoms with van der Waals surface area (Å²) in [5.41, 5.74) is -1.97. The molecule has 0 unspecified atom stereocenters. The lowest BCUT2D eigenvalue weighted by atomic mass is 9.93. The molecule has 0 aromatic carbocycles. The van der Waals surface area contributed by atoms with E-state index in [1.54, 1.807) is 34.6 Å². The van der Waals surface area contributed by atoms with E-state index in [0.29, 0.717) is 6.42 Å². The fourth-order valence-corrected chi connectivity index (χ4v) is 10.6. The van der Waals surface area contributed by atoms with E-state index in [4.69, 9.17) is 0 Å². The van der Waals surface area contributed by atoms with E-state index in [0.717, 1.165) is 9.80 Å². The Labute approximate surface area is 514 Å². The smallest absolute Gasteiger partial charge is 0.270 e. The van der Waals surface area contributed by atoms with Gasteiger partial charge in [0, 0.05) is 55.8 Å². The SMILES string of the molecule is C=C1C(=O)N(C)[C@@H](CC(C)(C)O)C(=O)N[C@H](C(C)C)C(=O)N(C)[C@H](CC(C)C)C(=O)N[C@H](C)C(=O)N[C@@H](C)C(=O)N(C)[C@@H](CC(C)C)C(=O)N(C)[C@@H](CC(C)C)C(=O)N(C)[C@@H](C(C)C)C(=O)N(C)[C@@H](C[C@H](C)C/C=C/C)C(=O)N[C@@H](CC)C(=O)N1C. The average molecular weight is 1210 g/mol. The zero-order chi connectivity index (χ0) is 66.9. The average Bonchev–Trinajstić information content (AvgIpc) is 2.38. The number of hydrogen-bond acceptors (Lipinski definition) is 12. The third kappa shape index (κ3) is 21.8. The van der Waals surface area contributed by atoms with Crippen molar-refractivity contribution in [1.82, 2.24) is 55.6 Å². The second-order valence-corrected chi connectivity index (χ2v) is 26.5. The molecule has 86 heavy (non-hydrogen) atoms. The molecule has 0 aliphatic carbocycles. The Morgan fingerprint density at radius 3 is 1.37 bits per heavy atom. The molecule has 0 bridgehead atoms. The van der Waals surface area contributed by atoms with Crippen molar-refractivity contribution in [3.63, 3.8) is 0 Å². The highest BCUT2D eigenvalue weighted by atomic mass is 16.3. The van der Waals surface area contributed by atoms with Crippen LogP contribution in [-0.2, 0) is 52.7 Å². The molecular formula is C63H111N11O12. The van der Waals surface area contributed by atoms with Gasteiger partial charge in [-0.3, -0.25) is 52.7 Å². The molecule has 11 atom stereocenters. The minimum Gasteiger partial charge on any atom is -0.390 e. The van der Waals surface area contributed by atoms with E-state index in [1.165, 1.54) is 102 Å². The first-order valence-electron chi connectivity index (χ1n) is 30.6. The number of carbonyl (C=O) groups excluding carboxylic acids is 11. The summed E-state index contributed by atoms with van der Waals surface area (Å²) in [6, 6.07) is -12.3. The molecule has 11 amide bonds. The number of allylic oxidation sites excluding steroid dienone is 2. The summed E-state index contributed by atoms with van der Waals surface area (Å²) in [7, 11) is 9.85. The van der Waals surface area contributed by atoms with Crippen LogP contribution >= 0.6 is 0 Å². The zero-order valence-electron chi connectivity index (χ0n) is 56.6. The number of rotatable bonds is 15. The highest BCUT2D eigenvalue weighted by Crippen LogP contribution is 2.26. The molecule has 1 heterocycles. The maximum atomic E-state index is 15.1. The van der Waals surface area contributed by atoms with Gasteiger partial charge in [0.05, 0.1) is 5.60 Å². The van der Waals surface area contributed by atoms with Crippen LogP contribution < -0.4 is 21.3 Å². The second-order valence-electron chi connectivity index (χ2n) is 26.5. The van der Waals surface area contributed by atoms with Gasteiger partial charge in [0.25, 0.3) is 5.91 Å². The maximum Gasteiger partial charge on any atom is 0.270 e. The molecule has 0 aromatic rings. The van der Waals surface area contributed by atoms with E-state index >= 15 is 9.59 Å². The van der Waals surface area contributed by atoms with Crippen molar-refractivity contribution >= 4 is 65.0 Å². The molecule has 1 rings (SSSR count). The number of hydrogen-bond donors (Lipinski definition) is 5. The van der Waals surface area contributed by atoms with E-state index < -0.39 is 149 Å². The lowest BCUT2D eigenvalue weighted by molar-refractivity contribution is -0.156. The van der Waals surface area contributed by atoms with Gasteiger partial charge in [-0.2, -0.15) is 0 Å². The third-order valence-electron chi connectivity index (χ3n) is 16.1. The van der Waals surface area contributed by atoms with Crippen molar-refractivity contribution in [3.05, 3.63) is 24.4 Å². The van der Waals surface area contributed by atoms with E-state index in [9.17, 15) is 48.3 Å². The molecule has 0 aromatic heterocycles. The van der Waals surface area contributed by atoms with Crippen LogP contribution in [0.5, 0.6) is 0 Å². The number of likely N-dealkylation sites (N-methyl/N-ethyl adjacent to an activating group) is 7. The van der Waals surface area contributed by atoms with Gasteiger partial charge in [-0.1, -0.05) is 102 Å². The maximum absolute atomic E-state index is 15.1. The largest absolute Gasteiger partial charge is 0.390 e. The van der Waals surface area contributed by atoms with Gasteiger partial charge in [0.15, 0.2) is 0 Å². The van der Waals surface area contributed by atoms with Gasteiger partial charge >= 0.3 is 0 Å². The zero-order valence-corrected chi connectivity index (χ0v) is 56.6. The Kier molecular flexibility index (Phi) is 30.9. The Hall–Kier alpha value is -6.39. The molecule has 1 aliphatic heterocycles. The molecule has 1 aliphatic rings. The van der Waals surface area contributed by atoms with Crippen molar-refractivity contribution in [1.29, 1.82) is 0 Å². The normalized spacial score (nSPS) is 26.5. The predicted octanol–water partition coefficient (Wildman–Crippen LogP) is 3.93. The van der Waals surface area contributed by atoms with Gasteiger partial charge in [-0.15, -0.1) is 0 Å².